The van der Waals surface area contributed by atoms with Crippen molar-refractivity contribution in [3.05, 3.63) is 30.3 Å². The number of thioether (sulfide) groups is 1. The molecule has 0 saturated heterocycles. The predicted octanol–water partition coefficient (Wildman–Crippen LogP) is 3.44. The van der Waals surface area contributed by atoms with Gasteiger partial charge < -0.3 is 15.5 Å². The van der Waals surface area contributed by atoms with Crippen LogP contribution in [0.1, 0.15) is 26.2 Å². The Labute approximate surface area is 168 Å². The molecule has 1 aromatic carbocycles. The van der Waals surface area contributed by atoms with Gasteiger partial charge in [-0.3, -0.25) is 4.99 Å². The number of rotatable bonds is 9. The molecular weight excluding hydrogens is 431 g/mol. The van der Waals surface area contributed by atoms with Gasteiger partial charge in [-0.05, 0) is 59.0 Å². The average Bonchev–Trinajstić information content (AvgIpc) is 3.29. The lowest BCUT2D eigenvalue weighted by atomic mass is 10.4. The minimum Gasteiger partial charge on any atom is -0.357 e. The fraction of sp³-hybridized carbons (Fsp3) is 0.611. The van der Waals surface area contributed by atoms with Gasteiger partial charge in [-0.2, -0.15) is 0 Å². The minimum atomic E-state index is 0. The van der Waals surface area contributed by atoms with Crippen molar-refractivity contribution in [1.82, 2.24) is 15.5 Å². The maximum absolute atomic E-state index is 4.82. The first-order chi connectivity index (χ1) is 11.1. The number of hydrogen-bond donors (Lipinski definition) is 2. The van der Waals surface area contributed by atoms with Crippen LogP contribution in [0.4, 0.5) is 0 Å². The molecule has 2 rings (SSSR count). The third-order valence-electron chi connectivity index (χ3n) is 3.83. The molecule has 0 bridgehead atoms. The molecule has 1 aliphatic carbocycles. The van der Waals surface area contributed by atoms with E-state index >= 15 is 0 Å². The molecule has 0 atom stereocenters. The lowest BCUT2D eigenvalue weighted by Gasteiger charge is -2.16. The van der Waals surface area contributed by atoms with Gasteiger partial charge >= 0.3 is 0 Å². The number of nitrogens with zero attached hydrogens (tertiary/aromatic N) is 2. The lowest BCUT2D eigenvalue weighted by Crippen LogP contribution is -2.39. The van der Waals surface area contributed by atoms with Gasteiger partial charge in [0.2, 0.25) is 0 Å². The van der Waals surface area contributed by atoms with Gasteiger partial charge in [0.15, 0.2) is 5.96 Å². The van der Waals surface area contributed by atoms with Crippen LogP contribution in [0, 0.1) is 0 Å². The summed E-state index contributed by atoms with van der Waals surface area (Å²) in [5.41, 5.74) is 0. The van der Waals surface area contributed by atoms with Crippen LogP contribution < -0.4 is 10.6 Å². The summed E-state index contributed by atoms with van der Waals surface area (Å²) in [5, 5.41) is 6.79. The van der Waals surface area contributed by atoms with E-state index in [1.807, 2.05) is 11.8 Å². The quantitative estimate of drug-likeness (QED) is 0.255. The zero-order valence-electron chi connectivity index (χ0n) is 15.0. The second-order valence-corrected chi connectivity index (χ2v) is 7.92. The van der Waals surface area contributed by atoms with E-state index in [0.29, 0.717) is 4.75 Å². The van der Waals surface area contributed by atoms with Gasteiger partial charge in [-0.15, -0.1) is 35.7 Å². The third-order valence-corrected chi connectivity index (χ3v) is 5.31. The minimum absolute atomic E-state index is 0. The maximum atomic E-state index is 4.82. The highest BCUT2D eigenvalue weighted by Gasteiger charge is 2.43. The Morgan fingerprint density at radius 1 is 1.21 bits per heavy atom. The Hall–Kier alpha value is -0.470. The molecule has 0 radical (unpaired) electrons. The summed E-state index contributed by atoms with van der Waals surface area (Å²) in [4.78, 5) is 8.38. The van der Waals surface area contributed by atoms with E-state index in [1.165, 1.54) is 17.7 Å². The van der Waals surface area contributed by atoms with Crippen LogP contribution in [0.3, 0.4) is 0 Å². The van der Waals surface area contributed by atoms with Crippen LogP contribution in [-0.4, -0.2) is 55.9 Å². The van der Waals surface area contributed by atoms with Crippen LogP contribution in [-0.2, 0) is 0 Å². The molecule has 6 heteroatoms. The van der Waals surface area contributed by atoms with Crippen LogP contribution in [0.25, 0.3) is 0 Å². The molecule has 0 heterocycles. The number of guanidine groups is 1. The number of aliphatic imine (C=N–C) groups is 1. The van der Waals surface area contributed by atoms with Gasteiger partial charge in [0.1, 0.15) is 0 Å². The molecule has 24 heavy (non-hydrogen) atoms. The topological polar surface area (TPSA) is 39.7 Å². The molecule has 0 aromatic heterocycles. The summed E-state index contributed by atoms with van der Waals surface area (Å²) < 4.78 is 0.313. The van der Waals surface area contributed by atoms with E-state index in [1.54, 1.807) is 0 Å². The standard InChI is InChI=1S/C18H30N4S.HI/c1-4-19-17(20-13-8-14-22(2)3)21-15-18(11-12-18)23-16-9-6-5-7-10-16;/h5-7,9-10H,4,8,11-15H2,1-3H3,(H2,19,20,21);1H. The second kappa shape index (κ2) is 11.2. The fourth-order valence-corrected chi connectivity index (χ4v) is 3.57. The van der Waals surface area contributed by atoms with Gasteiger partial charge in [0, 0.05) is 22.7 Å². The summed E-state index contributed by atoms with van der Waals surface area (Å²) in [6.45, 7) is 5.96. The number of halogens is 1. The molecule has 2 N–H and O–H groups in total. The fourth-order valence-electron chi connectivity index (χ4n) is 2.34. The van der Waals surface area contributed by atoms with Crippen LogP contribution >= 0.6 is 35.7 Å². The van der Waals surface area contributed by atoms with E-state index in [0.717, 1.165) is 38.6 Å². The zero-order valence-corrected chi connectivity index (χ0v) is 18.2. The second-order valence-electron chi connectivity index (χ2n) is 6.38. The van der Waals surface area contributed by atoms with Crippen molar-refractivity contribution in [3.8, 4) is 0 Å². The molecule has 0 spiro atoms. The molecule has 4 nitrogen and oxygen atoms in total. The zero-order chi connectivity index (χ0) is 16.5. The van der Waals surface area contributed by atoms with Gasteiger partial charge in [0.05, 0.1) is 6.54 Å². The highest BCUT2D eigenvalue weighted by Crippen LogP contribution is 2.51. The number of hydrogen-bond acceptors (Lipinski definition) is 3. The molecule has 0 amide bonds. The monoisotopic (exact) mass is 462 g/mol. The van der Waals surface area contributed by atoms with Gasteiger partial charge in [0.25, 0.3) is 0 Å². The van der Waals surface area contributed by atoms with E-state index in [-0.39, 0.29) is 24.0 Å². The van der Waals surface area contributed by atoms with E-state index in [2.05, 4.69) is 66.9 Å². The van der Waals surface area contributed by atoms with Crippen molar-refractivity contribution < 1.29 is 0 Å². The van der Waals surface area contributed by atoms with E-state index in [9.17, 15) is 0 Å². The normalized spacial score (nSPS) is 15.8. The first kappa shape index (κ1) is 21.6. The van der Waals surface area contributed by atoms with Crippen molar-refractivity contribution in [1.29, 1.82) is 0 Å². The largest absolute Gasteiger partial charge is 0.357 e. The van der Waals surface area contributed by atoms with Crippen molar-refractivity contribution in [2.75, 3.05) is 40.3 Å². The Morgan fingerprint density at radius 2 is 1.92 bits per heavy atom. The van der Waals surface area contributed by atoms with E-state index in [4.69, 9.17) is 4.99 Å². The van der Waals surface area contributed by atoms with Gasteiger partial charge in [-0.1, -0.05) is 18.2 Å². The smallest absolute Gasteiger partial charge is 0.191 e. The lowest BCUT2D eigenvalue weighted by molar-refractivity contribution is 0.399. The van der Waals surface area contributed by atoms with Crippen LogP contribution in [0.5, 0.6) is 0 Å². The Morgan fingerprint density at radius 3 is 2.50 bits per heavy atom. The Kier molecular flexibility index (Phi) is 10.1. The summed E-state index contributed by atoms with van der Waals surface area (Å²) in [7, 11) is 4.22. The molecular formula is C18H31IN4S. The van der Waals surface area contributed by atoms with Crippen molar-refractivity contribution in [2.24, 2.45) is 4.99 Å². The molecule has 1 aromatic rings. The predicted molar refractivity (Wildman–Crippen MR) is 117 cm³/mol. The highest BCUT2D eigenvalue weighted by atomic mass is 127. The summed E-state index contributed by atoms with van der Waals surface area (Å²) in [6.07, 6.45) is 3.65. The molecule has 1 aliphatic rings. The SMILES string of the molecule is CCNC(=NCC1(Sc2ccccc2)CC1)NCCCN(C)C.I. The number of benzene rings is 1. The molecule has 1 saturated carbocycles. The maximum Gasteiger partial charge on any atom is 0.191 e. The van der Waals surface area contributed by atoms with Crippen molar-refractivity contribution in [3.63, 3.8) is 0 Å². The molecule has 136 valence electrons. The first-order valence-electron chi connectivity index (χ1n) is 8.54. The summed E-state index contributed by atoms with van der Waals surface area (Å²) in [5.74, 6) is 0.950. The Balaban J connectivity index is 0.00000288. The Bertz CT molecular complexity index is 489. The molecule has 1 fully saturated rings. The summed E-state index contributed by atoms with van der Waals surface area (Å²) >= 11 is 1.98. The van der Waals surface area contributed by atoms with E-state index < -0.39 is 0 Å². The van der Waals surface area contributed by atoms with Gasteiger partial charge in [-0.25, -0.2) is 0 Å². The van der Waals surface area contributed by atoms with Crippen LogP contribution in [0.15, 0.2) is 40.2 Å². The summed E-state index contributed by atoms with van der Waals surface area (Å²) in [6, 6.07) is 10.7. The third kappa shape index (κ3) is 8.07. The van der Waals surface area contributed by atoms with Crippen molar-refractivity contribution >= 4 is 41.7 Å². The highest BCUT2D eigenvalue weighted by molar-refractivity contribution is 14.0. The first-order valence-corrected chi connectivity index (χ1v) is 9.36. The van der Waals surface area contributed by atoms with Crippen molar-refractivity contribution in [2.45, 2.75) is 35.8 Å². The number of nitrogens with one attached hydrogen (secondary N) is 2. The average molecular weight is 462 g/mol. The molecule has 0 aliphatic heterocycles. The molecule has 0 unspecified atom stereocenters. The van der Waals surface area contributed by atoms with Crippen LogP contribution in [0.2, 0.25) is 0 Å².